The summed E-state index contributed by atoms with van der Waals surface area (Å²) in [7, 11) is -1.12. The highest BCUT2D eigenvalue weighted by atomic mass is 32.2. The second-order valence-corrected chi connectivity index (χ2v) is 6.76. The van der Waals surface area contributed by atoms with E-state index in [1.165, 1.54) is 0 Å². The second kappa shape index (κ2) is 6.10. The summed E-state index contributed by atoms with van der Waals surface area (Å²) in [6.45, 7) is 7.75. The highest BCUT2D eigenvalue weighted by Crippen LogP contribution is 2.16. The average molecular weight is 252 g/mol. The molecule has 0 amide bonds. The summed E-state index contributed by atoms with van der Waals surface area (Å²) in [5, 5.41) is -0.396. The van der Waals surface area contributed by atoms with Crippen LogP contribution in [0.15, 0.2) is 30.3 Å². The quantitative estimate of drug-likeness (QED) is 0.755. The summed E-state index contributed by atoms with van der Waals surface area (Å²) < 4.78 is 12.2. The first-order chi connectivity index (χ1) is 7.95. The summed E-state index contributed by atoms with van der Waals surface area (Å²) >= 11 is 0. The van der Waals surface area contributed by atoms with Crippen LogP contribution in [0, 0.1) is 5.92 Å². The molecule has 0 N–H and O–H groups in total. The van der Waals surface area contributed by atoms with Gasteiger partial charge in [-0.2, -0.15) is 0 Å². The normalized spacial score (nSPS) is 16.5. The molecular formula is C14H20O2S. The number of benzene rings is 1. The van der Waals surface area contributed by atoms with Crippen molar-refractivity contribution < 1.29 is 9.00 Å². The van der Waals surface area contributed by atoms with E-state index in [1.807, 2.05) is 39.0 Å². The first kappa shape index (κ1) is 14.1. The van der Waals surface area contributed by atoms with Crippen molar-refractivity contribution >= 4 is 16.6 Å². The fourth-order valence-electron chi connectivity index (χ4n) is 1.53. The fraction of sp³-hybridized carbons (Fsp3) is 0.500. The molecule has 3 atom stereocenters. The first-order valence-corrected chi connectivity index (χ1v) is 7.21. The standard InChI is InChI=1S/C14H20O2S/c1-10(2)11(3)17(16)12(4)14(15)13-8-6-5-7-9-13/h5-12H,1-4H3. The minimum Gasteiger partial charge on any atom is -0.293 e. The van der Waals surface area contributed by atoms with Crippen molar-refractivity contribution in [1.82, 2.24) is 0 Å². The van der Waals surface area contributed by atoms with Crippen molar-refractivity contribution in [2.45, 2.75) is 38.2 Å². The molecule has 0 heterocycles. The summed E-state index contributed by atoms with van der Waals surface area (Å²) in [5.74, 6) is 0.290. The lowest BCUT2D eigenvalue weighted by Gasteiger charge is -2.19. The Morgan fingerprint density at radius 3 is 2.06 bits per heavy atom. The van der Waals surface area contributed by atoms with Gasteiger partial charge < -0.3 is 0 Å². The van der Waals surface area contributed by atoms with Gasteiger partial charge in [0, 0.05) is 21.6 Å². The maximum absolute atomic E-state index is 12.2. The third-order valence-electron chi connectivity index (χ3n) is 3.08. The molecule has 3 unspecified atom stereocenters. The molecule has 0 fully saturated rings. The lowest BCUT2D eigenvalue weighted by atomic mass is 10.1. The van der Waals surface area contributed by atoms with Crippen molar-refractivity contribution in [3.63, 3.8) is 0 Å². The molecule has 0 spiro atoms. The molecule has 0 aliphatic rings. The van der Waals surface area contributed by atoms with Crippen molar-refractivity contribution in [3.05, 3.63) is 35.9 Å². The van der Waals surface area contributed by atoms with E-state index >= 15 is 0 Å². The lowest BCUT2D eigenvalue weighted by molar-refractivity contribution is 0.0992. The number of rotatable bonds is 5. The molecule has 0 radical (unpaired) electrons. The number of hydrogen-bond donors (Lipinski definition) is 0. The molecule has 1 aromatic carbocycles. The molecule has 0 aliphatic heterocycles. The molecule has 3 heteroatoms. The summed E-state index contributed by atoms with van der Waals surface area (Å²) in [5.41, 5.74) is 0.643. The van der Waals surface area contributed by atoms with E-state index in [0.717, 1.165) is 0 Å². The van der Waals surface area contributed by atoms with E-state index in [4.69, 9.17) is 0 Å². The topological polar surface area (TPSA) is 34.1 Å². The van der Waals surface area contributed by atoms with Crippen LogP contribution in [0.3, 0.4) is 0 Å². The third kappa shape index (κ3) is 3.50. The SMILES string of the molecule is CC(C)C(C)S(=O)C(C)C(=O)c1ccccc1. The van der Waals surface area contributed by atoms with Crippen LogP contribution in [0.5, 0.6) is 0 Å². The van der Waals surface area contributed by atoms with E-state index in [-0.39, 0.29) is 11.0 Å². The third-order valence-corrected chi connectivity index (χ3v) is 5.27. The number of carbonyl (C=O) groups is 1. The van der Waals surface area contributed by atoms with Gasteiger partial charge in [-0.05, 0) is 12.8 Å². The Hall–Kier alpha value is -0.960. The van der Waals surface area contributed by atoms with Crippen LogP contribution < -0.4 is 0 Å². The van der Waals surface area contributed by atoms with Gasteiger partial charge >= 0.3 is 0 Å². The molecule has 2 nitrogen and oxygen atoms in total. The van der Waals surface area contributed by atoms with Crippen LogP contribution in [0.25, 0.3) is 0 Å². The fourth-order valence-corrected chi connectivity index (χ4v) is 3.06. The van der Waals surface area contributed by atoms with Crippen molar-refractivity contribution in [2.24, 2.45) is 5.92 Å². The molecule has 0 saturated carbocycles. The Labute approximate surface area is 106 Å². The zero-order chi connectivity index (χ0) is 13.0. The Morgan fingerprint density at radius 1 is 1.06 bits per heavy atom. The van der Waals surface area contributed by atoms with Gasteiger partial charge in [-0.25, -0.2) is 0 Å². The van der Waals surface area contributed by atoms with E-state index in [2.05, 4.69) is 0 Å². The monoisotopic (exact) mass is 252 g/mol. The van der Waals surface area contributed by atoms with Gasteiger partial charge in [0.15, 0.2) is 5.78 Å². The van der Waals surface area contributed by atoms with Crippen LogP contribution in [-0.4, -0.2) is 20.5 Å². The van der Waals surface area contributed by atoms with E-state index < -0.39 is 16.0 Å². The molecule has 17 heavy (non-hydrogen) atoms. The van der Waals surface area contributed by atoms with Gasteiger partial charge in [0.2, 0.25) is 0 Å². The number of ketones is 1. The Kier molecular flexibility index (Phi) is 5.06. The Bertz CT molecular complexity index is 398. The number of Topliss-reactive ketones (excluding diaryl/α,β-unsaturated/α-hetero) is 1. The van der Waals surface area contributed by atoms with Gasteiger partial charge in [-0.15, -0.1) is 0 Å². The highest BCUT2D eigenvalue weighted by Gasteiger charge is 2.26. The maximum atomic E-state index is 12.2. The van der Waals surface area contributed by atoms with Gasteiger partial charge in [0.1, 0.15) is 0 Å². The largest absolute Gasteiger partial charge is 0.293 e. The molecule has 1 aromatic rings. The van der Waals surface area contributed by atoms with Gasteiger partial charge in [0.05, 0.1) is 5.25 Å². The van der Waals surface area contributed by atoms with Crippen molar-refractivity contribution in [1.29, 1.82) is 0 Å². The predicted molar refractivity (Wildman–Crippen MR) is 72.7 cm³/mol. The average Bonchev–Trinajstić information content (AvgIpc) is 2.36. The van der Waals surface area contributed by atoms with Crippen LogP contribution >= 0.6 is 0 Å². The molecule has 0 aromatic heterocycles. The molecular weight excluding hydrogens is 232 g/mol. The smallest absolute Gasteiger partial charge is 0.178 e. The zero-order valence-electron chi connectivity index (χ0n) is 10.8. The van der Waals surface area contributed by atoms with E-state index in [9.17, 15) is 9.00 Å². The van der Waals surface area contributed by atoms with Gasteiger partial charge in [-0.3, -0.25) is 9.00 Å². The van der Waals surface area contributed by atoms with Gasteiger partial charge in [-0.1, -0.05) is 51.1 Å². The molecule has 1 rings (SSSR count). The van der Waals surface area contributed by atoms with Crippen molar-refractivity contribution in [3.8, 4) is 0 Å². The maximum Gasteiger partial charge on any atom is 0.178 e. The summed E-state index contributed by atoms with van der Waals surface area (Å²) in [4.78, 5) is 12.1. The van der Waals surface area contributed by atoms with Crippen LogP contribution in [0.1, 0.15) is 38.1 Å². The predicted octanol–water partition coefficient (Wildman–Crippen LogP) is 3.05. The minimum absolute atomic E-state index is 0.0311. The lowest BCUT2D eigenvalue weighted by Crippen LogP contribution is -2.31. The first-order valence-electron chi connectivity index (χ1n) is 5.93. The van der Waals surface area contributed by atoms with Crippen LogP contribution in [0.4, 0.5) is 0 Å². The van der Waals surface area contributed by atoms with Crippen LogP contribution in [0.2, 0.25) is 0 Å². The second-order valence-electron chi connectivity index (χ2n) is 4.65. The number of carbonyl (C=O) groups excluding carboxylic acids is 1. The summed E-state index contributed by atoms with van der Waals surface area (Å²) in [6.07, 6.45) is 0. The highest BCUT2D eigenvalue weighted by molar-refractivity contribution is 7.87. The molecule has 0 bridgehead atoms. The van der Waals surface area contributed by atoms with E-state index in [0.29, 0.717) is 11.5 Å². The molecule has 0 saturated heterocycles. The minimum atomic E-state index is -1.12. The van der Waals surface area contributed by atoms with Crippen LogP contribution in [-0.2, 0) is 10.8 Å². The molecule has 94 valence electrons. The number of hydrogen-bond acceptors (Lipinski definition) is 2. The Balaban J connectivity index is 2.81. The van der Waals surface area contributed by atoms with Gasteiger partial charge in [0.25, 0.3) is 0 Å². The summed E-state index contributed by atoms with van der Waals surface area (Å²) in [6, 6.07) is 9.07. The zero-order valence-corrected chi connectivity index (χ0v) is 11.7. The van der Waals surface area contributed by atoms with Crippen molar-refractivity contribution in [2.75, 3.05) is 0 Å². The van der Waals surface area contributed by atoms with E-state index in [1.54, 1.807) is 19.1 Å². The Morgan fingerprint density at radius 2 is 1.59 bits per heavy atom. The molecule has 0 aliphatic carbocycles.